The van der Waals surface area contributed by atoms with Crippen LogP contribution < -0.4 is 0 Å². The Morgan fingerprint density at radius 1 is 1.00 bits per heavy atom. The molecule has 0 aromatic carbocycles. The standard InChI is InChI=1S/C7H12O6.C4H10O3S.C2H6/c1-2-3(8)4(9)5(10)6(13-2)7(11)12;1-4(2,3)8(5,6)7;1-2/h2-6,8-10H,1H3,(H,11,12);1-3H3,(H,5,6,7);1-2H3/t2-,3-,4+,5-,6-;;/m1../s1. The molecular formula is C13H28O9S. The van der Waals surface area contributed by atoms with Crippen LogP contribution in [0.4, 0.5) is 0 Å². The maximum Gasteiger partial charge on any atom is 0.335 e. The normalized spacial score (nSPS) is 31.1. The first-order valence-corrected chi connectivity index (χ1v) is 8.53. The van der Waals surface area contributed by atoms with E-state index in [2.05, 4.69) is 0 Å². The van der Waals surface area contributed by atoms with E-state index in [0.29, 0.717) is 0 Å². The average molecular weight is 360 g/mol. The van der Waals surface area contributed by atoms with Crippen LogP contribution in [0.5, 0.6) is 0 Å². The lowest BCUT2D eigenvalue weighted by Crippen LogP contribution is -2.58. The van der Waals surface area contributed by atoms with Crippen LogP contribution >= 0.6 is 0 Å². The molecule has 23 heavy (non-hydrogen) atoms. The molecule has 1 rings (SSSR count). The van der Waals surface area contributed by atoms with E-state index in [1.165, 1.54) is 27.7 Å². The fourth-order valence-corrected chi connectivity index (χ4v) is 1.26. The number of hydrogen-bond donors (Lipinski definition) is 5. The summed E-state index contributed by atoms with van der Waals surface area (Å²) >= 11 is 0. The van der Waals surface area contributed by atoms with Gasteiger partial charge in [-0.05, 0) is 27.7 Å². The third-order valence-corrected chi connectivity index (χ3v) is 4.42. The molecule has 1 aliphatic heterocycles. The Labute approximate surface area is 136 Å². The van der Waals surface area contributed by atoms with Crippen LogP contribution in [0.1, 0.15) is 41.5 Å². The van der Waals surface area contributed by atoms with Crippen LogP contribution in [0, 0.1) is 0 Å². The van der Waals surface area contributed by atoms with Gasteiger partial charge in [-0.1, -0.05) is 13.8 Å². The number of carboxylic acid groups (broad SMARTS) is 1. The molecule has 140 valence electrons. The minimum Gasteiger partial charge on any atom is -0.479 e. The van der Waals surface area contributed by atoms with E-state index in [9.17, 15) is 28.5 Å². The van der Waals surface area contributed by atoms with Gasteiger partial charge in [0.05, 0.1) is 10.9 Å². The molecule has 0 bridgehead atoms. The lowest BCUT2D eigenvalue weighted by molar-refractivity contribution is -0.223. The van der Waals surface area contributed by atoms with Crippen molar-refractivity contribution in [2.45, 2.75) is 76.8 Å². The van der Waals surface area contributed by atoms with Crippen molar-refractivity contribution in [2.75, 3.05) is 0 Å². The zero-order valence-corrected chi connectivity index (χ0v) is 15.0. The number of aliphatic carboxylic acids is 1. The van der Waals surface area contributed by atoms with Crippen molar-refractivity contribution in [3.8, 4) is 0 Å². The molecule has 0 amide bonds. The lowest BCUT2D eigenvalue weighted by Gasteiger charge is -2.37. The molecule has 10 heteroatoms. The highest BCUT2D eigenvalue weighted by Gasteiger charge is 2.44. The Hall–Kier alpha value is -0.780. The molecular weight excluding hydrogens is 332 g/mol. The Morgan fingerprint density at radius 2 is 1.35 bits per heavy atom. The second kappa shape index (κ2) is 9.50. The zero-order chi connectivity index (χ0) is 19.2. The summed E-state index contributed by atoms with van der Waals surface area (Å²) in [6.07, 6.45) is -6.62. The van der Waals surface area contributed by atoms with E-state index in [1.54, 1.807) is 0 Å². The number of aliphatic hydroxyl groups is 3. The summed E-state index contributed by atoms with van der Waals surface area (Å²) in [4.78, 5) is 10.5. The van der Waals surface area contributed by atoms with E-state index < -0.39 is 51.4 Å². The van der Waals surface area contributed by atoms with Crippen LogP contribution in [-0.2, 0) is 19.6 Å². The first-order chi connectivity index (χ1) is 10.2. The predicted octanol–water partition coefficient (Wildman–Crippen LogP) is -0.360. The first-order valence-electron chi connectivity index (χ1n) is 7.09. The van der Waals surface area contributed by atoms with Gasteiger partial charge < -0.3 is 25.2 Å². The molecule has 9 nitrogen and oxygen atoms in total. The number of carbonyl (C=O) groups is 1. The van der Waals surface area contributed by atoms with E-state index in [1.807, 2.05) is 13.8 Å². The summed E-state index contributed by atoms with van der Waals surface area (Å²) in [6, 6.07) is 0. The second-order valence-corrected chi connectivity index (χ2v) is 7.83. The predicted molar refractivity (Wildman–Crippen MR) is 82.6 cm³/mol. The number of hydrogen-bond acceptors (Lipinski definition) is 7. The Bertz CT molecular complexity index is 455. The highest BCUT2D eigenvalue weighted by molar-refractivity contribution is 7.87. The quantitative estimate of drug-likeness (QED) is 0.393. The fourth-order valence-electron chi connectivity index (χ4n) is 1.26. The van der Waals surface area contributed by atoms with Gasteiger partial charge in [-0.3, -0.25) is 4.55 Å². The fraction of sp³-hybridized carbons (Fsp3) is 0.923. The van der Waals surface area contributed by atoms with Crippen molar-refractivity contribution < 1.29 is 42.9 Å². The third kappa shape index (κ3) is 7.55. The summed E-state index contributed by atoms with van der Waals surface area (Å²) in [5.41, 5.74) is 0. The summed E-state index contributed by atoms with van der Waals surface area (Å²) in [5.74, 6) is -1.36. The average Bonchev–Trinajstić information content (AvgIpc) is 2.41. The molecule has 0 aromatic rings. The SMILES string of the molecule is CC.CC(C)(C)S(=O)(=O)O.C[C@H]1O[C@@H](C(=O)O)[C@H](O)[C@@H](O)[C@@H]1O. The minimum absolute atomic E-state index is 0.806. The van der Waals surface area contributed by atoms with E-state index in [-0.39, 0.29) is 0 Å². The molecule has 5 atom stereocenters. The molecule has 0 radical (unpaired) electrons. The van der Waals surface area contributed by atoms with Gasteiger partial charge in [0.25, 0.3) is 10.1 Å². The van der Waals surface area contributed by atoms with Crippen molar-refractivity contribution in [1.29, 1.82) is 0 Å². The molecule has 0 aromatic heterocycles. The number of carboxylic acids is 1. The third-order valence-electron chi connectivity index (χ3n) is 2.87. The molecule has 0 saturated carbocycles. The Morgan fingerprint density at radius 3 is 1.61 bits per heavy atom. The van der Waals surface area contributed by atoms with E-state index in [0.717, 1.165) is 0 Å². The molecule has 0 spiro atoms. The first kappa shape index (κ1) is 24.5. The van der Waals surface area contributed by atoms with Crippen molar-refractivity contribution >= 4 is 16.1 Å². The van der Waals surface area contributed by atoms with E-state index in [4.69, 9.17) is 14.4 Å². The molecule has 0 aliphatic carbocycles. The largest absolute Gasteiger partial charge is 0.479 e. The summed E-state index contributed by atoms with van der Waals surface area (Å²) < 4.78 is 32.5. The van der Waals surface area contributed by atoms with Gasteiger partial charge in [-0.2, -0.15) is 8.42 Å². The van der Waals surface area contributed by atoms with Crippen molar-refractivity contribution in [3.63, 3.8) is 0 Å². The van der Waals surface area contributed by atoms with E-state index >= 15 is 0 Å². The topological polar surface area (TPSA) is 162 Å². The lowest BCUT2D eigenvalue weighted by atomic mass is 9.96. The zero-order valence-electron chi connectivity index (χ0n) is 14.2. The van der Waals surface area contributed by atoms with Crippen molar-refractivity contribution in [3.05, 3.63) is 0 Å². The van der Waals surface area contributed by atoms with Crippen molar-refractivity contribution in [1.82, 2.24) is 0 Å². The smallest absolute Gasteiger partial charge is 0.335 e. The van der Waals surface area contributed by atoms with Gasteiger partial charge in [0.15, 0.2) is 6.10 Å². The maximum absolute atomic E-state index is 10.5. The van der Waals surface area contributed by atoms with Crippen LogP contribution in [0.3, 0.4) is 0 Å². The minimum atomic E-state index is -3.84. The van der Waals surface area contributed by atoms with Crippen LogP contribution in [-0.4, -0.2) is 74.6 Å². The second-order valence-electron chi connectivity index (χ2n) is 5.66. The van der Waals surface area contributed by atoms with Gasteiger partial charge >= 0.3 is 5.97 Å². The summed E-state index contributed by atoms with van der Waals surface area (Å²) in [6.45, 7) is 9.72. The van der Waals surface area contributed by atoms with Crippen LogP contribution in [0.2, 0.25) is 0 Å². The number of rotatable bonds is 1. The highest BCUT2D eigenvalue weighted by atomic mass is 32.2. The van der Waals surface area contributed by atoms with Gasteiger partial charge in [-0.15, -0.1) is 0 Å². The molecule has 1 saturated heterocycles. The Kier molecular flexibility index (Phi) is 10.1. The number of ether oxygens (including phenoxy) is 1. The van der Waals surface area contributed by atoms with Gasteiger partial charge in [0.2, 0.25) is 0 Å². The molecule has 0 unspecified atom stereocenters. The number of aliphatic hydroxyl groups excluding tert-OH is 3. The monoisotopic (exact) mass is 360 g/mol. The van der Waals surface area contributed by atoms with Gasteiger partial charge in [0.1, 0.15) is 18.3 Å². The highest BCUT2D eigenvalue weighted by Crippen LogP contribution is 2.20. The van der Waals surface area contributed by atoms with Gasteiger partial charge in [-0.25, -0.2) is 4.79 Å². The molecule has 5 N–H and O–H groups in total. The molecule has 1 fully saturated rings. The van der Waals surface area contributed by atoms with Crippen molar-refractivity contribution in [2.24, 2.45) is 0 Å². The summed E-state index contributed by atoms with van der Waals surface area (Å²) in [5, 5.41) is 36.1. The van der Waals surface area contributed by atoms with Crippen LogP contribution in [0.25, 0.3) is 0 Å². The van der Waals surface area contributed by atoms with Crippen LogP contribution in [0.15, 0.2) is 0 Å². The van der Waals surface area contributed by atoms with Gasteiger partial charge in [0, 0.05) is 0 Å². The molecule has 1 aliphatic rings. The Balaban J connectivity index is 0. The summed E-state index contributed by atoms with van der Waals surface area (Å²) in [7, 11) is -3.84. The molecule has 1 heterocycles. The maximum atomic E-state index is 10.5.